The maximum absolute atomic E-state index is 11.8. The van der Waals surface area contributed by atoms with Crippen molar-refractivity contribution in [2.75, 3.05) is 0 Å². The highest BCUT2D eigenvalue weighted by atomic mass is 32.2. The molecular weight excluding hydrogens is 202 g/mol. The molecule has 2 rings (SSSR count). The highest BCUT2D eigenvalue weighted by Crippen LogP contribution is 2.16. The topological polar surface area (TPSA) is 52.2 Å². The summed E-state index contributed by atoms with van der Waals surface area (Å²) in [5.74, 6) is 0.579. The number of furan rings is 1. The molecule has 0 saturated heterocycles. The Morgan fingerprint density at radius 3 is 2.36 bits per heavy atom. The van der Waals surface area contributed by atoms with Crippen LogP contribution in [0.1, 0.15) is 5.76 Å². The normalized spacial score (nSPS) is 11.8. The lowest BCUT2D eigenvalue weighted by atomic mass is 10.5. The van der Waals surface area contributed by atoms with Crippen LogP contribution in [-0.2, 0) is 10.0 Å². The number of aromatic nitrogens is 1. The summed E-state index contributed by atoms with van der Waals surface area (Å²) in [6.45, 7) is 1.70. The van der Waals surface area contributed by atoms with Crippen molar-refractivity contribution in [3.05, 3.63) is 42.4 Å². The number of hydrogen-bond acceptors (Lipinski definition) is 3. The molecule has 0 aliphatic carbocycles. The van der Waals surface area contributed by atoms with E-state index in [9.17, 15) is 8.42 Å². The van der Waals surface area contributed by atoms with Gasteiger partial charge in [-0.05, 0) is 31.2 Å². The number of nitrogens with zero attached hydrogens (tertiary/aromatic N) is 1. The Morgan fingerprint density at radius 1 is 1.21 bits per heavy atom. The van der Waals surface area contributed by atoms with Crippen LogP contribution >= 0.6 is 0 Å². The van der Waals surface area contributed by atoms with Crippen LogP contribution in [-0.4, -0.2) is 12.4 Å². The summed E-state index contributed by atoms with van der Waals surface area (Å²) in [6, 6.07) is 6.36. The molecular formula is C9H9NO3S. The van der Waals surface area contributed by atoms with Crippen molar-refractivity contribution in [3.63, 3.8) is 0 Å². The Morgan fingerprint density at radius 2 is 1.86 bits per heavy atom. The Labute approximate surface area is 81.8 Å². The maximum atomic E-state index is 11.8. The third-order valence-corrected chi connectivity index (χ3v) is 3.35. The summed E-state index contributed by atoms with van der Waals surface area (Å²) in [4.78, 5) is 0. The fourth-order valence-electron chi connectivity index (χ4n) is 1.13. The predicted octanol–water partition coefficient (Wildman–Crippen LogP) is 1.63. The molecule has 0 N–H and O–H groups in total. The first-order chi connectivity index (χ1) is 6.60. The van der Waals surface area contributed by atoms with Gasteiger partial charge in [-0.2, -0.15) is 8.42 Å². The molecule has 4 nitrogen and oxygen atoms in total. The van der Waals surface area contributed by atoms with E-state index in [4.69, 9.17) is 4.42 Å². The van der Waals surface area contributed by atoms with Crippen LogP contribution in [0.5, 0.6) is 0 Å². The zero-order chi connectivity index (χ0) is 10.2. The Balaban J connectivity index is 2.54. The maximum Gasteiger partial charge on any atom is 0.301 e. The van der Waals surface area contributed by atoms with Crippen LogP contribution in [0.25, 0.3) is 0 Å². The van der Waals surface area contributed by atoms with Gasteiger partial charge in [0.25, 0.3) is 0 Å². The molecule has 0 bridgehead atoms. The van der Waals surface area contributed by atoms with E-state index in [-0.39, 0.29) is 5.09 Å². The summed E-state index contributed by atoms with van der Waals surface area (Å²) in [5.41, 5.74) is 0. The van der Waals surface area contributed by atoms with E-state index in [0.29, 0.717) is 5.76 Å². The van der Waals surface area contributed by atoms with Crippen LogP contribution in [0.2, 0.25) is 0 Å². The lowest BCUT2D eigenvalue weighted by Crippen LogP contribution is -2.09. The number of aryl methyl sites for hydroxylation is 1. The van der Waals surface area contributed by atoms with E-state index in [0.717, 1.165) is 3.97 Å². The quantitative estimate of drug-likeness (QED) is 0.758. The minimum absolute atomic E-state index is 0.0359. The Bertz CT molecular complexity index is 522. The SMILES string of the molecule is Cc1ccc(S(=O)(=O)n2cccc2)o1. The molecule has 5 heteroatoms. The second-order valence-corrected chi connectivity index (χ2v) is 4.66. The van der Waals surface area contributed by atoms with Crippen molar-refractivity contribution in [2.24, 2.45) is 0 Å². The molecule has 2 aromatic heterocycles. The zero-order valence-electron chi connectivity index (χ0n) is 7.54. The molecule has 2 aromatic rings. The van der Waals surface area contributed by atoms with Crippen molar-refractivity contribution < 1.29 is 12.8 Å². The van der Waals surface area contributed by atoms with Gasteiger partial charge >= 0.3 is 10.0 Å². The molecule has 0 radical (unpaired) electrons. The summed E-state index contributed by atoms with van der Waals surface area (Å²) < 4.78 is 29.7. The molecule has 14 heavy (non-hydrogen) atoms. The first kappa shape index (κ1) is 9.08. The highest BCUT2D eigenvalue weighted by molar-refractivity contribution is 7.89. The van der Waals surface area contributed by atoms with Gasteiger partial charge in [-0.25, -0.2) is 3.97 Å². The van der Waals surface area contributed by atoms with Crippen LogP contribution in [0.3, 0.4) is 0 Å². The van der Waals surface area contributed by atoms with Gasteiger partial charge in [0.1, 0.15) is 5.76 Å². The van der Waals surface area contributed by atoms with Crippen molar-refractivity contribution in [1.29, 1.82) is 0 Å². The lowest BCUT2D eigenvalue weighted by Gasteiger charge is -2.00. The highest BCUT2D eigenvalue weighted by Gasteiger charge is 2.19. The molecule has 0 spiro atoms. The van der Waals surface area contributed by atoms with E-state index < -0.39 is 10.0 Å². The average molecular weight is 211 g/mol. The average Bonchev–Trinajstić information content (AvgIpc) is 2.72. The summed E-state index contributed by atoms with van der Waals surface area (Å²) in [5, 5.41) is -0.0359. The molecule has 0 saturated carbocycles. The van der Waals surface area contributed by atoms with E-state index in [1.165, 1.54) is 18.5 Å². The lowest BCUT2D eigenvalue weighted by molar-refractivity contribution is 0.426. The fraction of sp³-hybridized carbons (Fsp3) is 0.111. The third-order valence-electron chi connectivity index (χ3n) is 1.82. The third kappa shape index (κ3) is 1.35. The summed E-state index contributed by atoms with van der Waals surface area (Å²) >= 11 is 0. The number of hydrogen-bond donors (Lipinski definition) is 0. The van der Waals surface area contributed by atoms with E-state index in [2.05, 4.69) is 0 Å². The predicted molar refractivity (Wildman–Crippen MR) is 50.5 cm³/mol. The largest absolute Gasteiger partial charge is 0.448 e. The van der Waals surface area contributed by atoms with Gasteiger partial charge in [0.05, 0.1) is 0 Å². The zero-order valence-corrected chi connectivity index (χ0v) is 8.36. The van der Waals surface area contributed by atoms with Gasteiger partial charge in [-0.1, -0.05) is 0 Å². The first-order valence-corrected chi connectivity index (χ1v) is 5.50. The Hall–Kier alpha value is -1.49. The van der Waals surface area contributed by atoms with Gasteiger partial charge in [0.2, 0.25) is 5.09 Å². The van der Waals surface area contributed by atoms with Crippen molar-refractivity contribution >= 4 is 10.0 Å². The van der Waals surface area contributed by atoms with Gasteiger partial charge in [0.15, 0.2) is 0 Å². The van der Waals surface area contributed by atoms with E-state index in [1.54, 1.807) is 25.1 Å². The Kier molecular flexibility index (Phi) is 1.96. The second-order valence-electron chi connectivity index (χ2n) is 2.88. The molecule has 74 valence electrons. The summed E-state index contributed by atoms with van der Waals surface area (Å²) in [6.07, 6.45) is 2.93. The molecule has 0 aliphatic heterocycles. The van der Waals surface area contributed by atoms with Gasteiger partial charge < -0.3 is 4.42 Å². The van der Waals surface area contributed by atoms with Crippen LogP contribution in [0, 0.1) is 6.92 Å². The molecule has 0 fully saturated rings. The van der Waals surface area contributed by atoms with Crippen LogP contribution in [0.4, 0.5) is 0 Å². The van der Waals surface area contributed by atoms with E-state index >= 15 is 0 Å². The minimum Gasteiger partial charge on any atom is -0.448 e. The molecule has 0 aliphatic rings. The standard InChI is InChI=1S/C9H9NO3S/c1-8-4-5-9(13-8)14(11,12)10-6-2-3-7-10/h2-7H,1H3. The van der Waals surface area contributed by atoms with Crippen molar-refractivity contribution in [1.82, 2.24) is 3.97 Å². The van der Waals surface area contributed by atoms with Crippen LogP contribution < -0.4 is 0 Å². The van der Waals surface area contributed by atoms with Crippen molar-refractivity contribution in [3.8, 4) is 0 Å². The molecule has 2 heterocycles. The molecule has 0 aromatic carbocycles. The second kappa shape index (κ2) is 3.02. The monoisotopic (exact) mass is 211 g/mol. The summed E-state index contributed by atoms with van der Waals surface area (Å²) in [7, 11) is -3.52. The smallest absolute Gasteiger partial charge is 0.301 e. The van der Waals surface area contributed by atoms with Crippen molar-refractivity contribution in [2.45, 2.75) is 12.0 Å². The first-order valence-electron chi connectivity index (χ1n) is 4.06. The van der Waals surface area contributed by atoms with Gasteiger partial charge in [0, 0.05) is 12.4 Å². The molecule has 0 atom stereocenters. The molecule has 0 amide bonds. The van der Waals surface area contributed by atoms with Gasteiger partial charge in [-0.15, -0.1) is 0 Å². The number of rotatable bonds is 2. The fourth-order valence-corrected chi connectivity index (χ4v) is 2.28. The van der Waals surface area contributed by atoms with Crippen LogP contribution in [0.15, 0.2) is 46.2 Å². The van der Waals surface area contributed by atoms with E-state index in [1.807, 2.05) is 0 Å². The minimum atomic E-state index is -3.52. The molecule has 0 unspecified atom stereocenters. The van der Waals surface area contributed by atoms with Gasteiger partial charge in [-0.3, -0.25) is 0 Å².